The summed E-state index contributed by atoms with van der Waals surface area (Å²) in [4.78, 5) is 9.38. The van der Waals surface area contributed by atoms with Crippen molar-refractivity contribution in [2.75, 3.05) is 0 Å². The first-order chi connectivity index (χ1) is 13.4. The maximum atomic E-state index is 5.41. The van der Waals surface area contributed by atoms with E-state index in [2.05, 4.69) is 82.3 Å². The Morgan fingerprint density at radius 1 is 0.741 bits per heavy atom. The van der Waals surface area contributed by atoms with Crippen LogP contribution in [0, 0.1) is 0 Å². The number of aromatic nitrogens is 2. The molecular formula is C23H21N3O. The van der Waals surface area contributed by atoms with Crippen molar-refractivity contribution < 1.29 is 4.84 Å². The molecular weight excluding hydrogens is 334 g/mol. The fourth-order valence-corrected chi connectivity index (χ4v) is 3.77. The molecule has 0 saturated heterocycles. The molecule has 0 aliphatic carbocycles. The number of imidazole rings is 1. The Bertz CT molecular complexity index is 885. The van der Waals surface area contributed by atoms with Crippen LogP contribution in [0.4, 0.5) is 0 Å². The van der Waals surface area contributed by atoms with Gasteiger partial charge in [-0.3, -0.25) is 4.84 Å². The third-order valence-corrected chi connectivity index (χ3v) is 4.88. The van der Waals surface area contributed by atoms with Gasteiger partial charge in [-0.15, -0.1) is 0 Å². The minimum Gasteiger partial charge on any atom is -0.314 e. The molecule has 0 aliphatic heterocycles. The van der Waals surface area contributed by atoms with Crippen molar-refractivity contribution in [3.05, 3.63) is 126 Å². The molecule has 1 heterocycles. The van der Waals surface area contributed by atoms with E-state index < -0.39 is 5.54 Å². The lowest BCUT2D eigenvalue weighted by atomic mass is 9.76. The Morgan fingerprint density at radius 3 is 1.59 bits per heavy atom. The molecule has 0 spiro atoms. The molecule has 0 saturated carbocycles. The maximum absolute atomic E-state index is 5.41. The van der Waals surface area contributed by atoms with Crippen molar-refractivity contribution in [3.8, 4) is 0 Å². The van der Waals surface area contributed by atoms with E-state index in [1.54, 1.807) is 6.20 Å². The minimum absolute atomic E-state index is 0.272. The van der Waals surface area contributed by atoms with Gasteiger partial charge in [-0.25, -0.2) is 10.9 Å². The maximum Gasteiger partial charge on any atom is 0.122 e. The molecule has 0 aliphatic rings. The molecule has 4 rings (SSSR count). The normalized spacial score (nSPS) is 11.4. The van der Waals surface area contributed by atoms with Gasteiger partial charge >= 0.3 is 0 Å². The smallest absolute Gasteiger partial charge is 0.122 e. The Kier molecular flexibility index (Phi) is 4.83. The second-order valence-electron chi connectivity index (χ2n) is 6.37. The number of nitrogens with zero attached hydrogens (tertiary/aromatic N) is 2. The number of hydrogen-bond acceptors (Lipinski definition) is 3. The standard InChI is InChI=1S/C23H21N3O/c24-27-17-22-16-25-18-26(22)23(19-10-4-1-5-11-19,20-12-6-2-7-13-20)21-14-8-3-9-15-21/h1-16,18H,17,24H2. The van der Waals surface area contributed by atoms with E-state index in [9.17, 15) is 0 Å². The lowest BCUT2D eigenvalue weighted by Crippen LogP contribution is -2.38. The molecule has 0 radical (unpaired) electrons. The van der Waals surface area contributed by atoms with Crippen molar-refractivity contribution >= 4 is 0 Å². The molecule has 4 aromatic rings. The highest BCUT2D eigenvalue weighted by molar-refractivity contribution is 5.51. The van der Waals surface area contributed by atoms with Crippen LogP contribution in [0.5, 0.6) is 0 Å². The van der Waals surface area contributed by atoms with Crippen LogP contribution in [0.3, 0.4) is 0 Å². The van der Waals surface area contributed by atoms with Crippen LogP contribution in [0.2, 0.25) is 0 Å². The van der Waals surface area contributed by atoms with Crippen molar-refractivity contribution in [1.82, 2.24) is 9.55 Å². The van der Waals surface area contributed by atoms with E-state index >= 15 is 0 Å². The number of nitrogens with two attached hydrogens (primary N) is 1. The van der Waals surface area contributed by atoms with Crippen LogP contribution in [-0.4, -0.2) is 9.55 Å². The average Bonchev–Trinajstić information content (AvgIpc) is 3.20. The molecule has 0 fully saturated rings. The van der Waals surface area contributed by atoms with E-state index in [1.165, 1.54) is 0 Å². The summed E-state index contributed by atoms with van der Waals surface area (Å²) in [5.74, 6) is 5.41. The topological polar surface area (TPSA) is 53.1 Å². The highest BCUT2D eigenvalue weighted by atomic mass is 16.6. The van der Waals surface area contributed by atoms with Crippen LogP contribution in [0.15, 0.2) is 104 Å². The van der Waals surface area contributed by atoms with Gasteiger partial charge in [0.1, 0.15) is 12.1 Å². The predicted molar refractivity (Wildman–Crippen MR) is 106 cm³/mol. The number of rotatable bonds is 6. The van der Waals surface area contributed by atoms with Crippen LogP contribution < -0.4 is 5.90 Å². The third-order valence-electron chi connectivity index (χ3n) is 4.88. The van der Waals surface area contributed by atoms with E-state index in [-0.39, 0.29) is 6.61 Å². The molecule has 3 aromatic carbocycles. The summed E-state index contributed by atoms with van der Waals surface area (Å²) in [6.07, 6.45) is 3.65. The van der Waals surface area contributed by atoms with Gasteiger partial charge < -0.3 is 4.57 Å². The zero-order valence-corrected chi connectivity index (χ0v) is 14.9. The fourth-order valence-electron chi connectivity index (χ4n) is 3.77. The van der Waals surface area contributed by atoms with Crippen molar-refractivity contribution in [3.63, 3.8) is 0 Å². The number of hydrogen-bond donors (Lipinski definition) is 1. The molecule has 2 N–H and O–H groups in total. The van der Waals surface area contributed by atoms with Crippen LogP contribution in [0.25, 0.3) is 0 Å². The minimum atomic E-state index is -0.589. The second kappa shape index (κ2) is 7.58. The van der Waals surface area contributed by atoms with Crippen LogP contribution in [0.1, 0.15) is 22.4 Å². The Labute approximate surface area is 158 Å². The summed E-state index contributed by atoms with van der Waals surface area (Å²) >= 11 is 0. The molecule has 4 heteroatoms. The highest BCUT2D eigenvalue weighted by Crippen LogP contribution is 2.41. The van der Waals surface area contributed by atoms with Gasteiger partial charge in [0.2, 0.25) is 0 Å². The molecule has 1 aromatic heterocycles. The third kappa shape index (κ3) is 2.95. The largest absolute Gasteiger partial charge is 0.314 e. The van der Waals surface area contributed by atoms with Gasteiger partial charge in [-0.05, 0) is 16.7 Å². The van der Waals surface area contributed by atoms with E-state index in [1.807, 2.05) is 24.5 Å². The average molecular weight is 355 g/mol. The molecule has 0 unspecified atom stereocenters. The monoisotopic (exact) mass is 355 g/mol. The molecule has 0 atom stereocenters. The zero-order chi connectivity index (χ0) is 18.5. The van der Waals surface area contributed by atoms with Gasteiger partial charge in [0.25, 0.3) is 0 Å². The summed E-state index contributed by atoms with van der Waals surface area (Å²) < 4.78 is 2.15. The summed E-state index contributed by atoms with van der Waals surface area (Å²) in [6, 6.07) is 31.3. The molecule has 134 valence electrons. The van der Waals surface area contributed by atoms with Crippen LogP contribution >= 0.6 is 0 Å². The SMILES string of the molecule is NOCc1cncn1C(c1ccccc1)(c1ccccc1)c1ccccc1. The second-order valence-corrected chi connectivity index (χ2v) is 6.37. The van der Waals surface area contributed by atoms with Crippen molar-refractivity contribution in [1.29, 1.82) is 0 Å². The Morgan fingerprint density at radius 2 is 1.19 bits per heavy atom. The summed E-state index contributed by atoms with van der Waals surface area (Å²) in [7, 11) is 0. The summed E-state index contributed by atoms with van der Waals surface area (Å²) in [5, 5.41) is 0. The molecule has 0 amide bonds. The van der Waals surface area contributed by atoms with Crippen LogP contribution in [-0.2, 0) is 17.0 Å². The fraction of sp³-hybridized carbons (Fsp3) is 0.0870. The van der Waals surface area contributed by atoms with Crippen molar-refractivity contribution in [2.24, 2.45) is 5.90 Å². The quantitative estimate of drug-likeness (QED) is 0.418. The predicted octanol–water partition coefficient (Wildman–Crippen LogP) is 4.11. The highest BCUT2D eigenvalue weighted by Gasteiger charge is 2.39. The molecule has 27 heavy (non-hydrogen) atoms. The Hall–Kier alpha value is -3.21. The summed E-state index contributed by atoms with van der Waals surface area (Å²) in [6.45, 7) is 0.272. The van der Waals surface area contributed by atoms with E-state index in [4.69, 9.17) is 10.7 Å². The van der Waals surface area contributed by atoms with E-state index in [0.29, 0.717) is 0 Å². The molecule has 4 nitrogen and oxygen atoms in total. The first-order valence-electron chi connectivity index (χ1n) is 8.87. The Balaban J connectivity index is 2.12. The van der Waals surface area contributed by atoms with Gasteiger partial charge in [0.05, 0.1) is 18.2 Å². The zero-order valence-electron chi connectivity index (χ0n) is 14.9. The molecule has 0 bridgehead atoms. The van der Waals surface area contributed by atoms with Gasteiger partial charge in [-0.1, -0.05) is 91.0 Å². The first-order valence-corrected chi connectivity index (χ1v) is 8.87. The van der Waals surface area contributed by atoms with Crippen molar-refractivity contribution in [2.45, 2.75) is 12.1 Å². The first kappa shape index (κ1) is 17.2. The lowest BCUT2D eigenvalue weighted by molar-refractivity contribution is 0.117. The van der Waals surface area contributed by atoms with Gasteiger partial charge in [-0.2, -0.15) is 0 Å². The number of benzene rings is 3. The summed E-state index contributed by atoms with van der Waals surface area (Å²) in [5.41, 5.74) is 3.72. The van der Waals surface area contributed by atoms with Gasteiger partial charge in [0, 0.05) is 0 Å². The lowest BCUT2D eigenvalue weighted by Gasteiger charge is -2.38. The van der Waals surface area contributed by atoms with Gasteiger partial charge in [0.15, 0.2) is 0 Å². The van der Waals surface area contributed by atoms with E-state index in [0.717, 1.165) is 22.4 Å².